The van der Waals surface area contributed by atoms with Gasteiger partial charge < -0.3 is 10.1 Å². The summed E-state index contributed by atoms with van der Waals surface area (Å²) in [5.74, 6) is 0. The molecular weight excluding hydrogens is 238 g/mol. The molecule has 1 atom stereocenters. The highest BCUT2D eigenvalue weighted by molar-refractivity contribution is 5.30. The van der Waals surface area contributed by atoms with Crippen molar-refractivity contribution in [3.05, 3.63) is 17.0 Å². The van der Waals surface area contributed by atoms with Gasteiger partial charge in [-0.25, -0.2) is 0 Å². The summed E-state index contributed by atoms with van der Waals surface area (Å²) in [4.78, 5) is 0. The van der Waals surface area contributed by atoms with Gasteiger partial charge in [0.15, 0.2) is 0 Å². The van der Waals surface area contributed by atoms with Crippen molar-refractivity contribution < 1.29 is 4.74 Å². The van der Waals surface area contributed by atoms with Crippen molar-refractivity contribution in [2.75, 3.05) is 13.7 Å². The predicted molar refractivity (Wildman–Crippen MR) is 79.5 cm³/mol. The van der Waals surface area contributed by atoms with E-state index in [0.717, 1.165) is 26.0 Å². The molecule has 1 aromatic heterocycles. The molecule has 0 spiro atoms. The molecule has 0 radical (unpaired) electrons. The maximum Gasteiger partial charge on any atom is 0.0672 e. The smallest absolute Gasteiger partial charge is 0.0672 e. The van der Waals surface area contributed by atoms with Crippen molar-refractivity contribution in [1.82, 2.24) is 15.1 Å². The first-order valence-electron chi connectivity index (χ1n) is 7.42. The average Bonchev–Trinajstić information content (AvgIpc) is 2.75. The average molecular weight is 267 g/mol. The first-order valence-corrected chi connectivity index (χ1v) is 7.42. The molecule has 0 fully saturated rings. The minimum Gasteiger partial charge on any atom is -0.377 e. The lowest BCUT2D eigenvalue weighted by molar-refractivity contribution is 0.0705. The van der Waals surface area contributed by atoms with E-state index >= 15 is 0 Å². The van der Waals surface area contributed by atoms with Crippen molar-refractivity contribution in [3.8, 4) is 0 Å². The molecule has 1 rings (SSSR count). The van der Waals surface area contributed by atoms with E-state index in [1.165, 1.54) is 17.0 Å². The summed E-state index contributed by atoms with van der Waals surface area (Å²) in [5, 5.41) is 8.10. The van der Waals surface area contributed by atoms with E-state index < -0.39 is 0 Å². The first kappa shape index (κ1) is 16.2. The molecule has 0 saturated heterocycles. The number of ether oxygens (including phenoxy) is 1. The zero-order valence-corrected chi connectivity index (χ0v) is 13.3. The number of aryl methyl sites for hydroxylation is 1. The molecule has 19 heavy (non-hydrogen) atoms. The summed E-state index contributed by atoms with van der Waals surface area (Å²) < 4.78 is 7.77. The van der Waals surface area contributed by atoms with E-state index in [1.54, 1.807) is 0 Å². The third kappa shape index (κ3) is 4.05. The molecule has 1 heterocycles. The Kier molecular flexibility index (Phi) is 6.52. The molecule has 1 aromatic rings. The van der Waals surface area contributed by atoms with Crippen molar-refractivity contribution in [2.24, 2.45) is 0 Å². The van der Waals surface area contributed by atoms with Crippen LogP contribution in [0.2, 0.25) is 0 Å². The Morgan fingerprint density at radius 3 is 2.37 bits per heavy atom. The molecule has 1 N–H and O–H groups in total. The molecule has 0 aliphatic heterocycles. The number of aromatic nitrogens is 2. The molecule has 4 heteroatoms. The van der Waals surface area contributed by atoms with Gasteiger partial charge in [-0.3, -0.25) is 4.68 Å². The number of hydrogen-bond donors (Lipinski definition) is 1. The quantitative estimate of drug-likeness (QED) is 0.787. The molecule has 0 aliphatic rings. The Balaban J connectivity index is 2.95. The molecule has 110 valence electrons. The van der Waals surface area contributed by atoms with Gasteiger partial charge in [0.2, 0.25) is 0 Å². The lowest BCUT2D eigenvalue weighted by Crippen LogP contribution is -2.17. The number of rotatable bonds is 8. The zero-order chi connectivity index (χ0) is 14.4. The zero-order valence-electron chi connectivity index (χ0n) is 13.3. The van der Waals surface area contributed by atoms with Gasteiger partial charge in [0, 0.05) is 17.3 Å². The van der Waals surface area contributed by atoms with E-state index in [1.807, 2.05) is 7.05 Å². The fraction of sp³-hybridized carbons (Fsp3) is 0.800. The van der Waals surface area contributed by atoms with E-state index in [-0.39, 0.29) is 6.10 Å². The molecule has 0 saturated carbocycles. The molecule has 4 nitrogen and oxygen atoms in total. The van der Waals surface area contributed by atoms with E-state index in [2.05, 4.69) is 44.6 Å². The van der Waals surface area contributed by atoms with Gasteiger partial charge in [-0.05, 0) is 40.7 Å². The summed E-state index contributed by atoms with van der Waals surface area (Å²) in [6.07, 6.45) is 2.27. The van der Waals surface area contributed by atoms with Crippen LogP contribution in [0.25, 0.3) is 0 Å². The summed E-state index contributed by atoms with van der Waals surface area (Å²) in [6, 6.07) is 0.352. The van der Waals surface area contributed by atoms with Crippen LogP contribution in [0.5, 0.6) is 0 Å². The Hall–Kier alpha value is -0.870. The maximum atomic E-state index is 5.64. The minimum atomic E-state index is 0.280. The molecule has 0 amide bonds. The number of hydrogen-bond acceptors (Lipinski definition) is 3. The van der Waals surface area contributed by atoms with Crippen LogP contribution < -0.4 is 5.32 Å². The number of nitrogens with one attached hydrogen (secondary N) is 1. The molecule has 0 bridgehead atoms. The highest BCUT2D eigenvalue weighted by Crippen LogP contribution is 2.23. The molecule has 1 unspecified atom stereocenters. The Labute approximate surface area is 117 Å². The second kappa shape index (κ2) is 7.65. The normalized spacial score (nSPS) is 13.2. The fourth-order valence-electron chi connectivity index (χ4n) is 2.40. The van der Waals surface area contributed by atoms with Gasteiger partial charge in [-0.1, -0.05) is 13.8 Å². The second-order valence-electron chi connectivity index (χ2n) is 5.17. The Bertz CT molecular complexity index is 385. The minimum absolute atomic E-state index is 0.280. The van der Waals surface area contributed by atoms with Gasteiger partial charge in [0.1, 0.15) is 0 Å². The van der Waals surface area contributed by atoms with Crippen LogP contribution >= 0.6 is 0 Å². The van der Waals surface area contributed by atoms with Crippen LogP contribution in [0.15, 0.2) is 0 Å². The number of nitrogens with zero attached hydrogens (tertiary/aromatic N) is 2. The van der Waals surface area contributed by atoms with E-state index in [4.69, 9.17) is 9.84 Å². The third-order valence-corrected chi connectivity index (χ3v) is 3.46. The van der Waals surface area contributed by atoms with Crippen LogP contribution in [0.3, 0.4) is 0 Å². The first-order chi connectivity index (χ1) is 9.04. The van der Waals surface area contributed by atoms with E-state index in [0.29, 0.717) is 6.04 Å². The van der Waals surface area contributed by atoms with Crippen molar-refractivity contribution in [3.63, 3.8) is 0 Å². The van der Waals surface area contributed by atoms with Gasteiger partial charge in [-0.2, -0.15) is 5.10 Å². The van der Waals surface area contributed by atoms with Crippen LogP contribution in [0.1, 0.15) is 57.6 Å². The molecular formula is C15H29N3O. The maximum absolute atomic E-state index is 5.64. The standard InChI is InChI=1S/C15H29N3O/c1-7-13-15(12(5)16-6)14(8-2)18(17-13)9-10-19-11(3)4/h11-12,16H,7-10H2,1-6H3. The molecule has 0 aromatic carbocycles. The lowest BCUT2D eigenvalue weighted by Gasteiger charge is -2.14. The van der Waals surface area contributed by atoms with Crippen molar-refractivity contribution in [2.45, 2.75) is 66.2 Å². The lowest BCUT2D eigenvalue weighted by atomic mass is 10.0. The molecule has 0 aliphatic carbocycles. The van der Waals surface area contributed by atoms with Crippen LogP contribution in [0, 0.1) is 0 Å². The summed E-state index contributed by atoms with van der Waals surface area (Å²) in [7, 11) is 2.00. The van der Waals surface area contributed by atoms with Gasteiger partial charge >= 0.3 is 0 Å². The SMILES string of the molecule is CCc1nn(CCOC(C)C)c(CC)c1C(C)NC. The highest BCUT2D eigenvalue weighted by Gasteiger charge is 2.19. The van der Waals surface area contributed by atoms with Crippen LogP contribution in [-0.4, -0.2) is 29.5 Å². The highest BCUT2D eigenvalue weighted by atomic mass is 16.5. The predicted octanol–water partition coefficient (Wildman–Crippen LogP) is 2.71. The monoisotopic (exact) mass is 267 g/mol. The summed E-state index contributed by atoms with van der Waals surface area (Å²) in [5.41, 5.74) is 3.92. The van der Waals surface area contributed by atoms with E-state index in [9.17, 15) is 0 Å². The summed E-state index contributed by atoms with van der Waals surface area (Å²) >= 11 is 0. The van der Waals surface area contributed by atoms with Gasteiger partial charge in [-0.15, -0.1) is 0 Å². The van der Waals surface area contributed by atoms with Gasteiger partial charge in [0.05, 0.1) is 24.9 Å². The fourth-order valence-corrected chi connectivity index (χ4v) is 2.40. The Morgan fingerprint density at radius 2 is 1.89 bits per heavy atom. The van der Waals surface area contributed by atoms with Crippen LogP contribution in [-0.2, 0) is 24.1 Å². The Morgan fingerprint density at radius 1 is 1.21 bits per heavy atom. The third-order valence-electron chi connectivity index (χ3n) is 3.46. The van der Waals surface area contributed by atoms with Crippen molar-refractivity contribution >= 4 is 0 Å². The van der Waals surface area contributed by atoms with Crippen molar-refractivity contribution in [1.29, 1.82) is 0 Å². The topological polar surface area (TPSA) is 39.1 Å². The van der Waals surface area contributed by atoms with Gasteiger partial charge in [0.25, 0.3) is 0 Å². The largest absolute Gasteiger partial charge is 0.377 e. The summed E-state index contributed by atoms with van der Waals surface area (Å²) in [6.45, 7) is 12.3. The second-order valence-corrected chi connectivity index (χ2v) is 5.17. The van der Waals surface area contributed by atoms with Crippen LogP contribution in [0.4, 0.5) is 0 Å².